The summed E-state index contributed by atoms with van der Waals surface area (Å²) in [7, 11) is 0. The van der Waals surface area contributed by atoms with Crippen LogP contribution in [0.3, 0.4) is 0 Å². The second kappa shape index (κ2) is 6.24. The summed E-state index contributed by atoms with van der Waals surface area (Å²) in [5, 5.41) is 3.29. The summed E-state index contributed by atoms with van der Waals surface area (Å²) in [5.41, 5.74) is 9.37. The molecule has 0 aliphatic rings. The highest BCUT2D eigenvalue weighted by atomic mass is 32.1. The van der Waals surface area contributed by atoms with Crippen LogP contribution in [0, 0.1) is 0 Å². The van der Waals surface area contributed by atoms with Crippen molar-refractivity contribution in [2.75, 3.05) is 5.32 Å². The van der Waals surface area contributed by atoms with Gasteiger partial charge < -0.3 is 11.1 Å². The van der Waals surface area contributed by atoms with Gasteiger partial charge in [-0.2, -0.15) is 0 Å². The maximum Gasteiger partial charge on any atom is 0.124 e. The number of rotatable bonds is 5. The molecule has 4 nitrogen and oxygen atoms in total. The van der Waals surface area contributed by atoms with E-state index in [1.807, 2.05) is 18.2 Å². The smallest absolute Gasteiger partial charge is 0.124 e. The Kier molecular flexibility index (Phi) is 4.41. The van der Waals surface area contributed by atoms with Gasteiger partial charge in [0.15, 0.2) is 0 Å². The second-order valence-corrected chi connectivity index (χ2v) is 4.52. The lowest BCUT2D eigenvalue weighted by molar-refractivity contribution is 0.970. The Morgan fingerprint density at radius 2 is 2.00 bits per heavy atom. The highest BCUT2D eigenvalue weighted by molar-refractivity contribution is 7.80. The first kappa shape index (κ1) is 13.4. The van der Waals surface area contributed by atoms with E-state index in [1.165, 1.54) is 5.56 Å². The van der Waals surface area contributed by atoms with Gasteiger partial charge in [-0.25, -0.2) is 0 Å². The number of aryl methyl sites for hydroxylation is 1. The van der Waals surface area contributed by atoms with Gasteiger partial charge in [0.05, 0.1) is 17.9 Å². The van der Waals surface area contributed by atoms with E-state index in [0.29, 0.717) is 17.2 Å². The van der Waals surface area contributed by atoms with Crippen molar-refractivity contribution < 1.29 is 0 Å². The topological polar surface area (TPSA) is 63.8 Å². The maximum absolute atomic E-state index is 5.65. The number of nitrogens with zero attached hydrogens (tertiary/aromatic N) is 2. The first-order valence-corrected chi connectivity index (χ1v) is 6.54. The largest absolute Gasteiger partial charge is 0.388 e. The van der Waals surface area contributed by atoms with Crippen LogP contribution in [0.1, 0.15) is 23.9 Å². The van der Waals surface area contributed by atoms with Crippen molar-refractivity contribution in [3.8, 4) is 0 Å². The highest BCUT2D eigenvalue weighted by Crippen LogP contribution is 2.14. The number of nitrogens with two attached hydrogens (primary N) is 1. The molecule has 0 aromatic carbocycles. The van der Waals surface area contributed by atoms with Crippen molar-refractivity contribution in [3.05, 3.63) is 53.6 Å². The number of anilines is 1. The van der Waals surface area contributed by atoms with E-state index in [0.717, 1.165) is 17.8 Å². The van der Waals surface area contributed by atoms with Gasteiger partial charge in [-0.05, 0) is 30.2 Å². The molecule has 2 rings (SSSR count). The Labute approximate surface area is 118 Å². The number of nitrogens with one attached hydrogen (secondary N) is 1. The minimum atomic E-state index is 0.292. The fraction of sp³-hybridized carbons (Fsp3) is 0.214. The monoisotopic (exact) mass is 272 g/mol. The molecule has 0 saturated heterocycles. The van der Waals surface area contributed by atoms with Crippen LogP contribution < -0.4 is 11.1 Å². The third-order valence-corrected chi connectivity index (χ3v) is 3.05. The third kappa shape index (κ3) is 3.26. The third-order valence-electron chi connectivity index (χ3n) is 2.85. The summed E-state index contributed by atoms with van der Waals surface area (Å²) >= 11 is 4.99. The quantitative estimate of drug-likeness (QED) is 0.818. The summed E-state index contributed by atoms with van der Waals surface area (Å²) in [6.07, 6.45) is 4.44. The van der Waals surface area contributed by atoms with Crippen LogP contribution in [0.4, 0.5) is 5.69 Å². The van der Waals surface area contributed by atoms with Crippen molar-refractivity contribution >= 4 is 22.9 Å². The molecule has 0 aliphatic heterocycles. The average molecular weight is 272 g/mol. The van der Waals surface area contributed by atoms with E-state index < -0.39 is 0 Å². The maximum atomic E-state index is 5.65. The molecular weight excluding hydrogens is 256 g/mol. The van der Waals surface area contributed by atoms with E-state index in [2.05, 4.69) is 28.3 Å². The number of thiocarbonyl (C=S) groups is 1. The molecule has 0 spiro atoms. The van der Waals surface area contributed by atoms with Gasteiger partial charge >= 0.3 is 0 Å². The normalized spacial score (nSPS) is 10.2. The predicted molar refractivity (Wildman–Crippen MR) is 81.1 cm³/mol. The molecule has 2 aromatic rings. The Bertz CT molecular complexity index is 583. The minimum absolute atomic E-state index is 0.292. The van der Waals surface area contributed by atoms with Crippen molar-refractivity contribution in [3.63, 3.8) is 0 Å². The molecule has 0 amide bonds. The Hall–Kier alpha value is -2.01. The Morgan fingerprint density at radius 1 is 1.26 bits per heavy atom. The van der Waals surface area contributed by atoms with Crippen molar-refractivity contribution in [1.82, 2.24) is 9.97 Å². The molecule has 0 aliphatic carbocycles. The van der Waals surface area contributed by atoms with Gasteiger partial charge in [-0.15, -0.1) is 0 Å². The molecular formula is C14H16N4S. The molecule has 98 valence electrons. The van der Waals surface area contributed by atoms with Gasteiger partial charge in [0.1, 0.15) is 10.7 Å². The van der Waals surface area contributed by atoms with Gasteiger partial charge in [0.2, 0.25) is 0 Å². The van der Waals surface area contributed by atoms with Gasteiger partial charge in [0.25, 0.3) is 0 Å². The van der Waals surface area contributed by atoms with Crippen molar-refractivity contribution in [2.24, 2.45) is 5.73 Å². The SMILES string of the molecule is CCc1cccnc1CNc1cccnc1C(N)=S. The molecule has 2 heterocycles. The lowest BCUT2D eigenvalue weighted by Gasteiger charge is -2.11. The molecule has 2 aromatic heterocycles. The van der Waals surface area contributed by atoms with E-state index in [9.17, 15) is 0 Å². The van der Waals surface area contributed by atoms with E-state index in [4.69, 9.17) is 18.0 Å². The average Bonchev–Trinajstić information content (AvgIpc) is 2.45. The zero-order chi connectivity index (χ0) is 13.7. The van der Waals surface area contributed by atoms with Crippen LogP contribution in [0.15, 0.2) is 36.7 Å². The summed E-state index contributed by atoms with van der Waals surface area (Å²) < 4.78 is 0. The standard InChI is InChI=1S/C14H16N4S/c1-2-10-5-3-7-16-12(10)9-18-11-6-4-8-17-13(11)14(15)19/h3-8,18H,2,9H2,1H3,(H2,15,19). The molecule has 5 heteroatoms. The molecule has 0 atom stereocenters. The van der Waals surface area contributed by atoms with Crippen LogP contribution in [0.25, 0.3) is 0 Å². The predicted octanol–water partition coefficient (Wildman–Crippen LogP) is 2.29. The molecule has 0 unspecified atom stereocenters. The molecule has 0 fully saturated rings. The first-order chi connectivity index (χ1) is 9.22. The lowest BCUT2D eigenvalue weighted by Crippen LogP contribution is -2.15. The van der Waals surface area contributed by atoms with Crippen LogP contribution in [-0.2, 0) is 13.0 Å². The summed E-state index contributed by atoms with van der Waals surface area (Å²) in [6, 6.07) is 7.80. The van der Waals surface area contributed by atoms with E-state index >= 15 is 0 Å². The first-order valence-electron chi connectivity index (χ1n) is 6.13. The minimum Gasteiger partial charge on any atom is -0.388 e. The number of hydrogen-bond donors (Lipinski definition) is 2. The Morgan fingerprint density at radius 3 is 2.74 bits per heavy atom. The molecule has 19 heavy (non-hydrogen) atoms. The number of aromatic nitrogens is 2. The second-order valence-electron chi connectivity index (χ2n) is 4.08. The van der Waals surface area contributed by atoms with Crippen LogP contribution in [-0.4, -0.2) is 15.0 Å². The molecule has 0 saturated carbocycles. The van der Waals surface area contributed by atoms with E-state index in [1.54, 1.807) is 12.4 Å². The van der Waals surface area contributed by atoms with Crippen LogP contribution in [0.2, 0.25) is 0 Å². The molecule has 3 N–H and O–H groups in total. The highest BCUT2D eigenvalue weighted by Gasteiger charge is 2.07. The zero-order valence-corrected chi connectivity index (χ0v) is 11.6. The number of hydrogen-bond acceptors (Lipinski definition) is 4. The fourth-order valence-electron chi connectivity index (χ4n) is 1.88. The van der Waals surface area contributed by atoms with Gasteiger partial charge in [-0.3, -0.25) is 9.97 Å². The van der Waals surface area contributed by atoms with Crippen molar-refractivity contribution in [2.45, 2.75) is 19.9 Å². The lowest BCUT2D eigenvalue weighted by atomic mass is 10.1. The fourth-order valence-corrected chi connectivity index (χ4v) is 2.04. The summed E-state index contributed by atoms with van der Waals surface area (Å²) in [6.45, 7) is 2.75. The van der Waals surface area contributed by atoms with Crippen molar-refractivity contribution in [1.29, 1.82) is 0 Å². The molecule has 0 radical (unpaired) electrons. The number of pyridine rings is 2. The zero-order valence-electron chi connectivity index (χ0n) is 10.8. The molecule has 0 bridgehead atoms. The Balaban J connectivity index is 2.17. The van der Waals surface area contributed by atoms with Gasteiger partial charge in [-0.1, -0.05) is 25.2 Å². The van der Waals surface area contributed by atoms with Crippen LogP contribution in [0.5, 0.6) is 0 Å². The van der Waals surface area contributed by atoms with Gasteiger partial charge in [0, 0.05) is 12.4 Å². The van der Waals surface area contributed by atoms with Crippen LogP contribution >= 0.6 is 12.2 Å². The van der Waals surface area contributed by atoms with E-state index in [-0.39, 0.29) is 0 Å². The summed E-state index contributed by atoms with van der Waals surface area (Å²) in [5.74, 6) is 0. The summed E-state index contributed by atoms with van der Waals surface area (Å²) in [4.78, 5) is 8.87.